The molecule has 3 rings (SSSR count). The number of esters is 1. The lowest BCUT2D eigenvalue weighted by Crippen LogP contribution is -2.35. The van der Waals surface area contributed by atoms with Gasteiger partial charge in [-0.1, -0.05) is 24.3 Å². The van der Waals surface area contributed by atoms with Crippen molar-refractivity contribution in [2.24, 2.45) is 0 Å². The molecule has 0 aromatic heterocycles. The Morgan fingerprint density at radius 3 is 2.60 bits per heavy atom. The lowest BCUT2D eigenvalue weighted by atomic mass is 10.1. The Hall–Kier alpha value is -4.30. The van der Waals surface area contributed by atoms with E-state index in [1.165, 1.54) is 11.0 Å². The van der Waals surface area contributed by atoms with Crippen molar-refractivity contribution >= 4 is 23.6 Å². The molecule has 8 heteroatoms. The Kier molecular flexibility index (Phi) is 6.65. The van der Waals surface area contributed by atoms with Crippen LogP contribution in [0.25, 0.3) is 6.08 Å². The SMILES string of the molecule is N#CCCN(C(=O)COC(=O)C(C#N)=Cc1ccc2c(c1)OCO2)c1ccccc1. The van der Waals surface area contributed by atoms with Gasteiger partial charge in [-0.3, -0.25) is 4.79 Å². The van der Waals surface area contributed by atoms with E-state index in [2.05, 4.69) is 0 Å². The highest BCUT2D eigenvalue weighted by Crippen LogP contribution is 2.33. The van der Waals surface area contributed by atoms with Crippen LogP contribution in [0.5, 0.6) is 11.5 Å². The van der Waals surface area contributed by atoms with Gasteiger partial charge in [0.2, 0.25) is 6.79 Å². The summed E-state index contributed by atoms with van der Waals surface area (Å²) in [6, 6.07) is 17.5. The molecular weight excluding hydrogens is 386 g/mol. The van der Waals surface area contributed by atoms with Crippen molar-refractivity contribution in [1.82, 2.24) is 0 Å². The Balaban J connectivity index is 1.67. The van der Waals surface area contributed by atoms with E-state index in [4.69, 9.17) is 19.5 Å². The molecule has 1 aliphatic heterocycles. The number of para-hydroxylation sites is 1. The van der Waals surface area contributed by atoms with E-state index >= 15 is 0 Å². The number of anilines is 1. The van der Waals surface area contributed by atoms with Gasteiger partial charge in [-0.05, 0) is 35.9 Å². The molecule has 0 bridgehead atoms. The third kappa shape index (κ3) is 4.94. The summed E-state index contributed by atoms with van der Waals surface area (Å²) < 4.78 is 15.5. The second kappa shape index (κ2) is 9.76. The van der Waals surface area contributed by atoms with Crippen molar-refractivity contribution in [3.63, 3.8) is 0 Å². The van der Waals surface area contributed by atoms with E-state index in [9.17, 15) is 14.9 Å². The molecule has 0 fully saturated rings. The highest BCUT2D eigenvalue weighted by molar-refractivity contribution is 6.00. The van der Waals surface area contributed by atoms with E-state index in [-0.39, 0.29) is 25.3 Å². The summed E-state index contributed by atoms with van der Waals surface area (Å²) in [7, 11) is 0. The predicted molar refractivity (Wildman–Crippen MR) is 106 cm³/mol. The summed E-state index contributed by atoms with van der Waals surface area (Å²) in [5.41, 5.74) is 0.883. The highest BCUT2D eigenvalue weighted by atomic mass is 16.7. The molecular formula is C22H17N3O5. The van der Waals surface area contributed by atoms with Crippen LogP contribution in [0.3, 0.4) is 0 Å². The van der Waals surface area contributed by atoms with Crippen LogP contribution < -0.4 is 14.4 Å². The molecule has 0 saturated carbocycles. The van der Waals surface area contributed by atoms with Gasteiger partial charge >= 0.3 is 5.97 Å². The van der Waals surface area contributed by atoms with E-state index in [0.717, 1.165) is 0 Å². The molecule has 0 spiro atoms. The van der Waals surface area contributed by atoms with Crippen molar-refractivity contribution in [2.45, 2.75) is 6.42 Å². The van der Waals surface area contributed by atoms with E-state index < -0.39 is 18.5 Å². The topological polar surface area (TPSA) is 113 Å². The number of rotatable bonds is 7. The molecule has 8 nitrogen and oxygen atoms in total. The fraction of sp³-hybridized carbons (Fsp3) is 0.182. The first-order chi connectivity index (χ1) is 14.6. The Morgan fingerprint density at radius 1 is 1.10 bits per heavy atom. The Labute approximate surface area is 173 Å². The van der Waals surface area contributed by atoms with Crippen molar-refractivity contribution < 1.29 is 23.8 Å². The maximum absolute atomic E-state index is 12.6. The van der Waals surface area contributed by atoms with Crippen LogP contribution in [-0.2, 0) is 14.3 Å². The second-order valence-electron chi connectivity index (χ2n) is 6.15. The van der Waals surface area contributed by atoms with Crippen LogP contribution in [0.2, 0.25) is 0 Å². The van der Waals surface area contributed by atoms with E-state index in [1.54, 1.807) is 54.6 Å². The molecule has 1 heterocycles. The van der Waals surface area contributed by atoms with Crippen LogP contribution in [0, 0.1) is 22.7 Å². The molecule has 0 unspecified atom stereocenters. The number of hydrogen-bond acceptors (Lipinski definition) is 7. The van der Waals surface area contributed by atoms with Gasteiger partial charge in [-0.2, -0.15) is 10.5 Å². The molecule has 2 aromatic rings. The van der Waals surface area contributed by atoms with Crippen LogP contribution >= 0.6 is 0 Å². The number of ether oxygens (including phenoxy) is 3. The molecule has 0 saturated heterocycles. The van der Waals surface area contributed by atoms with Gasteiger partial charge in [0.15, 0.2) is 18.1 Å². The average molecular weight is 403 g/mol. The first-order valence-electron chi connectivity index (χ1n) is 9.03. The lowest BCUT2D eigenvalue weighted by Gasteiger charge is -2.21. The summed E-state index contributed by atoms with van der Waals surface area (Å²) in [5, 5.41) is 18.1. The summed E-state index contributed by atoms with van der Waals surface area (Å²) in [6.07, 6.45) is 1.47. The zero-order valence-electron chi connectivity index (χ0n) is 15.9. The van der Waals surface area contributed by atoms with Crippen molar-refractivity contribution in [3.05, 3.63) is 59.7 Å². The van der Waals surface area contributed by atoms with Gasteiger partial charge in [0.25, 0.3) is 5.91 Å². The quantitative estimate of drug-likeness (QED) is 0.397. The number of carbonyl (C=O) groups excluding carboxylic acids is 2. The van der Waals surface area contributed by atoms with Crippen molar-refractivity contribution in [3.8, 4) is 23.6 Å². The summed E-state index contributed by atoms with van der Waals surface area (Å²) >= 11 is 0. The standard InChI is InChI=1S/C22H17N3O5/c23-9-4-10-25(18-5-2-1-3-6-18)21(26)14-28-22(27)17(13-24)11-16-7-8-19-20(12-16)30-15-29-19/h1-3,5-8,11-12H,4,10,14-15H2. The lowest BCUT2D eigenvalue weighted by molar-refractivity contribution is -0.143. The summed E-state index contributed by atoms with van der Waals surface area (Å²) in [5.74, 6) is -0.320. The molecule has 1 amide bonds. The van der Waals surface area contributed by atoms with Gasteiger partial charge in [0.05, 0.1) is 12.5 Å². The second-order valence-corrected chi connectivity index (χ2v) is 6.15. The summed E-state index contributed by atoms with van der Waals surface area (Å²) in [4.78, 5) is 26.2. The minimum atomic E-state index is -0.920. The number of nitriles is 2. The minimum Gasteiger partial charge on any atom is -0.454 e. The molecule has 30 heavy (non-hydrogen) atoms. The number of amides is 1. The summed E-state index contributed by atoms with van der Waals surface area (Å²) in [6.45, 7) is -0.282. The monoisotopic (exact) mass is 403 g/mol. The van der Waals surface area contributed by atoms with Gasteiger partial charge in [-0.25, -0.2) is 4.79 Å². The zero-order valence-corrected chi connectivity index (χ0v) is 15.9. The number of nitrogens with zero attached hydrogens (tertiary/aromatic N) is 3. The van der Waals surface area contributed by atoms with Gasteiger partial charge in [-0.15, -0.1) is 0 Å². The average Bonchev–Trinajstić information content (AvgIpc) is 3.24. The third-order valence-corrected chi connectivity index (χ3v) is 4.19. The fourth-order valence-electron chi connectivity index (χ4n) is 2.76. The first kappa shape index (κ1) is 20.4. The van der Waals surface area contributed by atoms with Crippen LogP contribution in [0.1, 0.15) is 12.0 Å². The first-order valence-corrected chi connectivity index (χ1v) is 9.03. The van der Waals surface area contributed by atoms with Crippen LogP contribution in [0.15, 0.2) is 54.1 Å². The van der Waals surface area contributed by atoms with Crippen molar-refractivity contribution in [2.75, 3.05) is 24.8 Å². The van der Waals surface area contributed by atoms with Crippen LogP contribution in [0.4, 0.5) is 5.69 Å². The molecule has 0 aliphatic carbocycles. The Morgan fingerprint density at radius 2 is 1.87 bits per heavy atom. The smallest absolute Gasteiger partial charge is 0.349 e. The van der Waals surface area contributed by atoms with E-state index in [1.807, 2.05) is 6.07 Å². The van der Waals surface area contributed by atoms with Gasteiger partial charge < -0.3 is 19.1 Å². The van der Waals surface area contributed by atoms with E-state index in [0.29, 0.717) is 22.7 Å². The van der Waals surface area contributed by atoms with Gasteiger partial charge in [0.1, 0.15) is 11.6 Å². The number of hydrogen-bond donors (Lipinski definition) is 0. The zero-order chi connectivity index (χ0) is 21.3. The molecule has 2 aromatic carbocycles. The normalized spacial score (nSPS) is 11.9. The van der Waals surface area contributed by atoms with Crippen molar-refractivity contribution in [1.29, 1.82) is 10.5 Å². The predicted octanol–water partition coefficient (Wildman–Crippen LogP) is 2.81. The maximum atomic E-state index is 12.6. The Bertz CT molecular complexity index is 1050. The molecule has 1 aliphatic rings. The minimum absolute atomic E-state index is 0.113. The van der Waals surface area contributed by atoms with Gasteiger partial charge in [0, 0.05) is 12.2 Å². The fourth-order valence-corrected chi connectivity index (χ4v) is 2.76. The largest absolute Gasteiger partial charge is 0.454 e. The molecule has 0 atom stereocenters. The molecule has 0 radical (unpaired) electrons. The highest BCUT2D eigenvalue weighted by Gasteiger charge is 2.19. The number of carbonyl (C=O) groups is 2. The third-order valence-electron chi connectivity index (χ3n) is 4.19. The molecule has 150 valence electrons. The number of benzene rings is 2. The number of fused-ring (bicyclic) bond motifs is 1. The molecule has 0 N–H and O–H groups in total. The maximum Gasteiger partial charge on any atom is 0.349 e. The van der Waals surface area contributed by atoms with Crippen LogP contribution in [-0.4, -0.2) is 31.8 Å².